The summed E-state index contributed by atoms with van der Waals surface area (Å²) < 4.78 is 40.5. The number of nitrogens with one attached hydrogen (secondary N) is 2. The largest absolute Gasteiger partial charge is 0.421 e. The van der Waals surface area contributed by atoms with Crippen LogP contribution in [0.15, 0.2) is 12.4 Å². The Morgan fingerprint density at radius 1 is 1.48 bits per heavy atom. The summed E-state index contributed by atoms with van der Waals surface area (Å²) in [5.74, 6) is -0.465. The van der Waals surface area contributed by atoms with E-state index in [-0.39, 0.29) is 35.4 Å². The van der Waals surface area contributed by atoms with E-state index in [1.165, 1.54) is 0 Å². The van der Waals surface area contributed by atoms with Gasteiger partial charge in [-0.25, -0.2) is 4.98 Å². The van der Waals surface area contributed by atoms with Gasteiger partial charge in [-0.15, -0.1) is 0 Å². The predicted octanol–water partition coefficient (Wildman–Crippen LogP) is 3.61. The number of hydrogen-bond acceptors (Lipinski definition) is 6. The van der Waals surface area contributed by atoms with E-state index >= 15 is 0 Å². The van der Waals surface area contributed by atoms with Crippen LogP contribution in [0.3, 0.4) is 0 Å². The molecule has 0 aliphatic heterocycles. The van der Waals surface area contributed by atoms with E-state index in [0.29, 0.717) is 18.3 Å². The van der Waals surface area contributed by atoms with Crippen molar-refractivity contribution in [1.82, 2.24) is 19.7 Å². The lowest BCUT2D eigenvalue weighted by Gasteiger charge is -2.13. The lowest BCUT2D eigenvalue weighted by Crippen LogP contribution is -2.14. The number of halogens is 4. The van der Waals surface area contributed by atoms with E-state index in [9.17, 15) is 13.2 Å². The molecule has 3 rings (SSSR count). The van der Waals surface area contributed by atoms with Crippen LogP contribution in [0.5, 0.6) is 0 Å². The van der Waals surface area contributed by atoms with Crippen LogP contribution in [0.4, 0.5) is 30.6 Å². The first kappa shape index (κ1) is 17.3. The molecule has 0 bridgehead atoms. The highest BCUT2D eigenvalue weighted by Crippen LogP contribution is 2.43. The van der Waals surface area contributed by atoms with Crippen molar-refractivity contribution in [3.8, 4) is 6.07 Å². The highest BCUT2D eigenvalue weighted by Gasteiger charge is 2.40. The Morgan fingerprint density at radius 3 is 2.84 bits per heavy atom. The van der Waals surface area contributed by atoms with Gasteiger partial charge < -0.3 is 10.6 Å². The number of aromatic nitrogens is 4. The molecular formula is C14H13ClF3N7. The Kier molecular flexibility index (Phi) is 4.43. The minimum Gasteiger partial charge on any atom is -0.370 e. The summed E-state index contributed by atoms with van der Waals surface area (Å²) in [5, 5.41) is 18.4. The summed E-state index contributed by atoms with van der Waals surface area (Å²) in [7, 11) is 0. The van der Waals surface area contributed by atoms with Crippen molar-refractivity contribution >= 4 is 29.1 Å². The molecule has 0 spiro atoms. The van der Waals surface area contributed by atoms with Crippen molar-refractivity contribution in [3.63, 3.8) is 0 Å². The van der Waals surface area contributed by atoms with E-state index in [2.05, 4.69) is 31.8 Å². The average molecular weight is 372 g/mol. The van der Waals surface area contributed by atoms with Crippen molar-refractivity contribution in [3.05, 3.63) is 23.1 Å². The van der Waals surface area contributed by atoms with E-state index in [1.54, 1.807) is 17.8 Å². The number of alkyl halides is 3. The van der Waals surface area contributed by atoms with E-state index in [4.69, 9.17) is 16.9 Å². The zero-order valence-electron chi connectivity index (χ0n) is 13.0. The molecule has 2 atom stereocenters. The molecule has 2 aromatic rings. The zero-order valence-corrected chi connectivity index (χ0v) is 13.7. The van der Waals surface area contributed by atoms with Gasteiger partial charge in [-0.05, 0) is 13.3 Å². The van der Waals surface area contributed by atoms with Gasteiger partial charge in [-0.3, -0.25) is 4.68 Å². The van der Waals surface area contributed by atoms with Gasteiger partial charge in [0, 0.05) is 12.7 Å². The minimum atomic E-state index is -4.56. The number of nitrogens with zero attached hydrogens (tertiary/aromatic N) is 5. The lowest BCUT2D eigenvalue weighted by molar-refractivity contribution is -0.137. The number of anilines is 3. The molecule has 2 N–H and O–H groups in total. The van der Waals surface area contributed by atoms with E-state index < -0.39 is 11.7 Å². The fraction of sp³-hybridized carbons (Fsp3) is 0.429. The van der Waals surface area contributed by atoms with Gasteiger partial charge in [0.25, 0.3) is 0 Å². The van der Waals surface area contributed by atoms with E-state index in [1.807, 2.05) is 0 Å². The zero-order chi connectivity index (χ0) is 18.2. The van der Waals surface area contributed by atoms with Crippen LogP contribution in [-0.4, -0.2) is 26.3 Å². The molecule has 11 heteroatoms. The standard InChI is InChI=1S/C14H13ClF3N7/c1-2-20-12-8(14(16,17)18)5-21-13(23-12)22-9-6-25(24-11(9)15)10-3-7(10)4-19/h5-7,10H,2-3H2,1H3,(H2,20,21,22,23)/t7-,10-/m0/s1. The molecule has 0 unspecified atom stereocenters. The Hall–Kier alpha value is -2.54. The second-order valence-corrected chi connectivity index (χ2v) is 5.82. The molecule has 0 aromatic carbocycles. The Balaban J connectivity index is 1.84. The van der Waals surface area contributed by atoms with Crippen LogP contribution in [0.1, 0.15) is 24.9 Å². The molecule has 1 aliphatic rings. The number of hydrogen-bond donors (Lipinski definition) is 2. The maximum atomic E-state index is 13.0. The highest BCUT2D eigenvalue weighted by molar-refractivity contribution is 6.32. The van der Waals surface area contributed by atoms with Crippen LogP contribution < -0.4 is 10.6 Å². The molecule has 7 nitrogen and oxygen atoms in total. The first-order chi connectivity index (χ1) is 11.8. The van der Waals surface area contributed by atoms with E-state index in [0.717, 1.165) is 0 Å². The topological polar surface area (TPSA) is 91.5 Å². The predicted molar refractivity (Wildman–Crippen MR) is 84.5 cm³/mol. The summed E-state index contributed by atoms with van der Waals surface area (Å²) in [4.78, 5) is 7.56. The molecule has 1 fully saturated rings. The molecule has 132 valence electrons. The van der Waals surface area contributed by atoms with Gasteiger partial charge in [0.05, 0.1) is 29.9 Å². The molecule has 0 radical (unpaired) electrons. The molecule has 1 aliphatic carbocycles. The Bertz CT molecular complexity index is 827. The summed E-state index contributed by atoms with van der Waals surface area (Å²) in [5.41, 5.74) is -0.594. The maximum absolute atomic E-state index is 13.0. The van der Waals surface area contributed by atoms with Crippen molar-refractivity contribution in [2.45, 2.75) is 25.6 Å². The summed E-state index contributed by atoms with van der Waals surface area (Å²) >= 11 is 6.03. The van der Waals surface area contributed by atoms with Gasteiger partial charge in [0.15, 0.2) is 5.15 Å². The molecule has 2 heterocycles. The van der Waals surface area contributed by atoms with Crippen LogP contribution in [0.2, 0.25) is 5.15 Å². The molecule has 1 saturated carbocycles. The van der Waals surface area contributed by atoms with Crippen molar-refractivity contribution in [1.29, 1.82) is 5.26 Å². The molecule has 0 amide bonds. The normalized spacial score (nSPS) is 19.4. The third-order valence-electron chi connectivity index (χ3n) is 3.63. The van der Waals surface area contributed by atoms with Gasteiger partial charge in [-0.2, -0.15) is 28.5 Å². The summed E-state index contributed by atoms with van der Waals surface area (Å²) in [6, 6.07) is 2.11. The Labute approximate surface area is 145 Å². The maximum Gasteiger partial charge on any atom is 0.421 e. The number of nitriles is 1. The van der Waals surface area contributed by atoms with Gasteiger partial charge >= 0.3 is 6.18 Å². The van der Waals surface area contributed by atoms with Crippen molar-refractivity contribution < 1.29 is 13.2 Å². The van der Waals surface area contributed by atoms with Gasteiger partial charge in [0.1, 0.15) is 11.4 Å². The number of rotatable bonds is 5. The van der Waals surface area contributed by atoms with Crippen molar-refractivity contribution in [2.75, 3.05) is 17.2 Å². The van der Waals surface area contributed by atoms with Gasteiger partial charge in [-0.1, -0.05) is 11.6 Å². The minimum absolute atomic E-state index is 0.0381. The van der Waals surface area contributed by atoms with Gasteiger partial charge in [0.2, 0.25) is 5.95 Å². The molecule has 2 aromatic heterocycles. The average Bonchev–Trinajstić information content (AvgIpc) is 3.24. The van der Waals surface area contributed by atoms with Crippen LogP contribution in [-0.2, 0) is 6.18 Å². The first-order valence-electron chi connectivity index (χ1n) is 7.43. The quantitative estimate of drug-likeness (QED) is 0.834. The van der Waals surface area contributed by atoms with Crippen LogP contribution in [0, 0.1) is 17.2 Å². The second kappa shape index (κ2) is 6.40. The van der Waals surface area contributed by atoms with Crippen LogP contribution >= 0.6 is 11.6 Å². The summed E-state index contributed by atoms with van der Waals surface area (Å²) in [6.45, 7) is 1.94. The first-order valence-corrected chi connectivity index (χ1v) is 7.80. The monoisotopic (exact) mass is 371 g/mol. The fourth-order valence-corrected chi connectivity index (χ4v) is 2.49. The highest BCUT2D eigenvalue weighted by atomic mass is 35.5. The van der Waals surface area contributed by atoms with Crippen LogP contribution in [0.25, 0.3) is 0 Å². The molecule has 0 saturated heterocycles. The fourth-order valence-electron chi connectivity index (χ4n) is 2.31. The van der Waals surface area contributed by atoms with Crippen molar-refractivity contribution in [2.24, 2.45) is 5.92 Å². The molecular weight excluding hydrogens is 359 g/mol. The Morgan fingerprint density at radius 2 is 2.24 bits per heavy atom. The SMILES string of the molecule is CCNc1nc(Nc2cn([C@H]3C[C@H]3C#N)nc2Cl)ncc1C(F)(F)F. The lowest BCUT2D eigenvalue weighted by atomic mass is 10.3. The smallest absolute Gasteiger partial charge is 0.370 e. The third kappa shape index (κ3) is 3.61. The summed E-state index contributed by atoms with van der Waals surface area (Å²) in [6.07, 6.45) is -1.58. The second-order valence-electron chi connectivity index (χ2n) is 5.46. The third-order valence-corrected chi connectivity index (χ3v) is 3.91. The molecule has 25 heavy (non-hydrogen) atoms.